The summed E-state index contributed by atoms with van der Waals surface area (Å²) in [6, 6.07) is 12.4. The van der Waals surface area contributed by atoms with Crippen molar-refractivity contribution in [2.24, 2.45) is 5.92 Å². The van der Waals surface area contributed by atoms with E-state index in [0.717, 1.165) is 5.56 Å². The molecule has 0 aliphatic carbocycles. The van der Waals surface area contributed by atoms with Gasteiger partial charge in [-0.2, -0.15) is 5.10 Å². The van der Waals surface area contributed by atoms with E-state index in [0.29, 0.717) is 12.2 Å². The summed E-state index contributed by atoms with van der Waals surface area (Å²) in [5, 5.41) is 9.80. The number of amides is 2. The number of carbonyl (C=O) groups excluding carboxylic acids is 2. The maximum atomic E-state index is 12.6. The summed E-state index contributed by atoms with van der Waals surface area (Å²) < 4.78 is 6.82. The Kier molecular flexibility index (Phi) is 5.71. The van der Waals surface area contributed by atoms with E-state index < -0.39 is 11.9 Å². The van der Waals surface area contributed by atoms with Gasteiger partial charge in [-0.05, 0) is 23.6 Å². The van der Waals surface area contributed by atoms with E-state index in [9.17, 15) is 9.59 Å². The molecule has 2 N–H and O–H groups in total. The van der Waals surface area contributed by atoms with Crippen molar-refractivity contribution in [2.45, 2.75) is 26.4 Å². The summed E-state index contributed by atoms with van der Waals surface area (Å²) in [7, 11) is 0. The Morgan fingerprint density at radius 3 is 2.59 bits per heavy atom. The number of aromatic nitrogens is 2. The van der Waals surface area contributed by atoms with Crippen molar-refractivity contribution in [1.82, 2.24) is 15.1 Å². The zero-order chi connectivity index (χ0) is 19.2. The van der Waals surface area contributed by atoms with E-state index >= 15 is 0 Å². The van der Waals surface area contributed by atoms with Crippen molar-refractivity contribution in [3.8, 4) is 0 Å². The minimum atomic E-state index is -0.694. The molecule has 0 spiro atoms. The number of benzene rings is 1. The molecule has 3 rings (SSSR count). The molecule has 1 atom stereocenters. The number of rotatable bonds is 7. The monoisotopic (exact) mass is 366 g/mol. The zero-order valence-corrected chi connectivity index (χ0v) is 15.3. The van der Waals surface area contributed by atoms with E-state index in [4.69, 9.17) is 4.42 Å². The Morgan fingerprint density at radius 2 is 1.93 bits per heavy atom. The van der Waals surface area contributed by atoms with Crippen LogP contribution in [-0.4, -0.2) is 27.6 Å². The highest BCUT2D eigenvalue weighted by atomic mass is 16.3. The van der Waals surface area contributed by atoms with Crippen LogP contribution in [0.2, 0.25) is 0 Å². The quantitative estimate of drug-likeness (QED) is 0.673. The van der Waals surface area contributed by atoms with Crippen molar-refractivity contribution < 1.29 is 14.0 Å². The smallest absolute Gasteiger partial charge is 0.287 e. The first kappa shape index (κ1) is 18.4. The molecule has 7 nitrogen and oxygen atoms in total. The Hall–Kier alpha value is -3.35. The first-order chi connectivity index (χ1) is 13.0. The van der Waals surface area contributed by atoms with Gasteiger partial charge in [0.05, 0.1) is 24.7 Å². The van der Waals surface area contributed by atoms with Gasteiger partial charge in [-0.15, -0.1) is 0 Å². The number of hydrogen-bond acceptors (Lipinski definition) is 4. The summed E-state index contributed by atoms with van der Waals surface area (Å²) in [6.45, 7) is 4.34. The van der Waals surface area contributed by atoms with E-state index in [1.807, 2.05) is 44.2 Å². The lowest BCUT2D eigenvalue weighted by molar-refractivity contribution is -0.118. The van der Waals surface area contributed by atoms with Gasteiger partial charge in [-0.3, -0.25) is 14.3 Å². The number of carbonyl (C=O) groups is 2. The molecule has 3 aromatic rings. The van der Waals surface area contributed by atoms with Gasteiger partial charge in [-0.1, -0.05) is 44.2 Å². The third kappa shape index (κ3) is 4.84. The van der Waals surface area contributed by atoms with Gasteiger partial charge in [0, 0.05) is 6.20 Å². The SMILES string of the molecule is CC(C)C(NC(=O)c1ccco1)C(=O)Nc1cnn(Cc2ccccc2)c1. The van der Waals surface area contributed by atoms with Gasteiger partial charge in [0.25, 0.3) is 5.91 Å². The summed E-state index contributed by atoms with van der Waals surface area (Å²) in [5.74, 6) is -0.648. The molecule has 0 aliphatic heterocycles. The first-order valence-electron chi connectivity index (χ1n) is 8.74. The summed E-state index contributed by atoms with van der Waals surface area (Å²) in [6.07, 6.45) is 4.77. The first-order valence-corrected chi connectivity index (χ1v) is 8.74. The van der Waals surface area contributed by atoms with Crippen molar-refractivity contribution in [3.63, 3.8) is 0 Å². The largest absolute Gasteiger partial charge is 0.459 e. The molecule has 2 aromatic heterocycles. The number of hydrogen-bond donors (Lipinski definition) is 2. The van der Waals surface area contributed by atoms with Crippen molar-refractivity contribution >= 4 is 17.5 Å². The molecule has 0 aliphatic rings. The molecule has 1 unspecified atom stereocenters. The highest BCUT2D eigenvalue weighted by Crippen LogP contribution is 2.11. The molecular weight excluding hydrogens is 344 g/mol. The van der Waals surface area contributed by atoms with Gasteiger partial charge in [0.1, 0.15) is 6.04 Å². The average molecular weight is 366 g/mol. The predicted molar refractivity (Wildman–Crippen MR) is 101 cm³/mol. The van der Waals surface area contributed by atoms with Crippen molar-refractivity contribution in [1.29, 1.82) is 0 Å². The van der Waals surface area contributed by atoms with Crippen LogP contribution in [-0.2, 0) is 11.3 Å². The van der Waals surface area contributed by atoms with Gasteiger partial charge >= 0.3 is 0 Å². The molecule has 0 bridgehead atoms. The lowest BCUT2D eigenvalue weighted by Gasteiger charge is -2.20. The Bertz CT molecular complexity index is 885. The van der Waals surface area contributed by atoms with E-state index in [2.05, 4.69) is 15.7 Å². The molecule has 0 radical (unpaired) electrons. The molecule has 0 fully saturated rings. The van der Waals surface area contributed by atoms with Crippen LogP contribution >= 0.6 is 0 Å². The zero-order valence-electron chi connectivity index (χ0n) is 15.3. The van der Waals surface area contributed by atoms with Gasteiger partial charge in [0.15, 0.2) is 5.76 Å². The third-order valence-corrected chi connectivity index (χ3v) is 4.07. The van der Waals surface area contributed by atoms with Crippen LogP contribution in [0.3, 0.4) is 0 Å². The second kappa shape index (κ2) is 8.35. The highest BCUT2D eigenvalue weighted by Gasteiger charge is 2.26. The predicted octanol–water partition coefficient (Wildman–Crippen LogP) is 2.92. The van der Waals surface area contributed by atoms with E-state index in [1.165, 1.54) is 6.26 Å². The molecular formula is C20H22N4O3. The van der Waals surface area contributed by atoms with Crippen molar-refractivity contribution in [3.05, 3.63) is 72.4 Å². The summed E-state index contributed by atoms with van der Waals surface area (Å²) in [4.78, 5) is 24.8. The second-order valence-corrected chi connectivity index (χ2v) is 6.57. The number of nitrogens with one attached hydrogen (secondary N) is 2. The molecule has 0 saturated heterocycles. The topological polar surface area (TPSA) is 89.2 Å². The second-order valence-electron chi connectivity index (χ2n) is 6.57. The van der Waals surface area contributed by atoms with Crippen LogP contribution in [0.15, 0.2) is 65.5 Å². The molecule has 1 aromatic carbocycles. The van der Waals surface area contributed by atoms with Gasteiger partial charge in [0.2, 0.25) is 5.91 Å². The van der Waals surface area contributed by atoms with Crippen LogP contribution < -0.4 is 10.6 Å². The molecule has 27 heavy (non-hydrogen) atoms. The highest BCUT2D eigenvalue weighted by molar-refractivity contribution is 6.00. The molecule has 140 valence electrons. The van der Waals surface area contributed by atoms with Crippen LogP contribution in [0.5, 0.6) is 0 Å². The van der Waals surface area contributed by atoms with Crippen LogP contribution in [0.1, 0.15) is 30.0 Å². The normalized spacial score (nSPS) is 12.0. The van der Waals surface area contributed by atoms with Crippen LogP contribution in [0, 0.1) is 5.92 Å². The maximum absolute atomic E-state index is 12.6. The van der Waals surface area contributed by atoms with Gasteiger partial charge in [-0.25, -0.2) is 0 Å². The molecule has 0 saturated carbocycles. The molecule has 2 amide bonds. The third-order valence-electron chi connectivity index (χ3n) is 4.07. The Morgan fingerprint density at radius 1 is 1.15 bits per heavy atom. The van der Waals surface area contributed by atoms with Crippen LogP contribution in [0.25, 0.3) is 0 Å². The molecule has 7 heteroatoms. The van der Waals surface area contributed by atoms with Crippen molar-refractivity contribution in [2.75, 3.05) is 5.32 Å². The minimum absolute atomic E-state index is 0.0942. The lowest BCUT2D eigenvalue weighted by Crippen LogP contribution is -2.47. The number of furan rings is 1. The summed E-state index contributed by atoms with van der Waals surface area (Å²) in [5.41, 5.74) is 1.69. The Balaban J connectivity index is 1.63. The number of anilines is 1. The minimum Gasteiger partial charge on any atom is -0.459 e. The van der Waals surface area contributed by atoms with E-state index in [-0.39, 0.29) is 17.6 Å². The lowest BCUT2D eigenvalue weighted by atomic mass is 10.0. The number of nitrogens with zero attached hydrogens (tertiary/aromatic N) is 2. The van der Waals surface area contributed by atoms with Crippen LogP contribution in [0.4, 0.5) is 5.69 Å². The Labute approximate surface area is 157 Å². The fraction of sp³-hybridized carbons (Fsp3) is 0.250. The fourth-order valence-corrected chi connectivity index (χ4v) is 2.66. The molecule has 2 heterocycles. The standard InChI is InChI=1S/C20H22N4O3/c1-14(2)18(23-19(25)17-9-6-10-27-17)20(26)22-16-11-21-24(13-16)12-15-7-4-3-5-8-15/h3-11,13-14,18H,12H2,1-2H3,(H,22,26)(H,23,25). The average Bonchev–Trinajstić information content (AvgIpc) is 3.32. The fourth-order valence-electron chi connectivity index (χ4n) is 2.66. The van der Waals surface area contributed by atoms with E-state index in [1.54, 1.807) is 29.2 Å². The van der Waals surface area contributed by atoms with Gasteiger partial charge < -0.3 is 15.1 Å². The summed E-state index contributed by atoms with van der Waals surface area (Å²) >= 11 is 0. The maximum Gasteiger partial charge on any atom is 0.287 e.